The summed E-state index contributed by atoms with van der Waals surface area (Å²) in [5.74, 6) is 2.27. The lowest BCUT2D eigenvalue weighted by Gasteiger charge is -2.32. The van der Waals surface area contributed by atoms with Crippen LogP contribution in [0.15, 0.2) is 29.3 Å². The molecule has 0 spiro atoms. The molecule has 1 amide bonds. The topological polar surface area (TPSA) is 84.4 Å². The molecule has 1 aliphatic heterocycles. The molecule has 1 atom stereocenters. The minimum absolute atomic E-state index is 0. The number of ether oxygens (including phenoxy) is 3. The Morgan fingerprint density at radius 3 is 2.62 bits per heavy atom. The van der Waals surface area contributed by atoms with Gasteiger partial charge in [-0.15, -0.1) is 24.0 Å². The van der Waals surface area contributed by atoms with E-state index in [2.05, 4.69) is 15.6 Å². The van der Waals surface area contributed by atoms with Crippen LogP contribution in [0.25, 0.3) is 0 Å². The number of rotatable bonds is 7. The molecule has 1 aliphatic rings. The number of guanidine groups is 1. The summed E-state index contributed by atoms with van der Waals surface area (Å²) in [5, 5.41) is 6.72. The van der Waals surface area contributed by atoms with Gasteiger partial charge in [-0.3, -0.25) is 4.99 Å². The molecule has 164 valence electrons. The van der Waals surface area contributed by atoms with Gasteiger partial charge in [0.1, 0.15) is 17.6 Å². The first-order chi connectivity index (χ1) is 13.5. The van der Waals surface area contributed by atoms with Gasteiger partial charge in [0.25, 0.3) is 0 Å². The second-order valence-corrected chi connectivity index (χ2v) is 6.67. The fourth-order valence-electron chi connectivity index (χ4n) is 3.00. The number of hydrogen-bond acceptors (Lipinski definition) is 5. The van der Waals surface area contributed by atoms with Crippen LogP contribution in [0.5, 0.6) is 11.5 Å². The number of piperidine rings is 1. The molecule has 1 fully saturated rings. The highest BCUT2D eigenvalue weighted by Gasteiger charge is 2.24. The normalized spacial score (nSPS) is 15.7. The zero-order valence-electron chi connectivity index (χ0n) is 17.6. The van der Waals surface area contributed by atoms with Gasteiger partial charge in [-0.25, -0.2) is 4.79 Å². The molecule has 1 saturated heterocycles. The molecule has 2 rings (SSSR count). The molecule has 1 unspecified atom stereocenters. The quantitative estimate of drug-likeness (QED) is 0.327. The standard InChI is InChI=1S/C20H32N4O4.HI/c1-5-27-20(25)24-11-9-16(10-12-24)23-19(21-3)22-14-15(2)28-18-8-6-7-17(13-18)26-4;/h6-8,13,15-16H,5,9-12,14H2,1-4H3,(H2,21,22,23);1H. The van der Waals surface area contributed by atoms with E-state index in [1.165, 1.54) is 0 Å². The average molecular weight is 520 g/mol. The van der Waals surface area contributed by atoms with Gasteiger partial charge in [0.2, 0.25) is 0 Å². The van der Waals surface area contributed by atoms with E-state index < -0.39 is 0 Å². The number of hydrogen-bond donors (Lipinski definition) is 2. The third-order valence-electron chi connectivity index (χ3n) is 4.52. The SMILES string of the molecule is CCOC(=O)N1CCC(NC(=NC)NCC(C)Oc2cccc(OC)c2)CC1.I. The number of methoxy groups -OCH3 is 1. The average Bonchev–Trinajstić information content (AvgIpc) is 2.71. The van der Waals surface area contributed by atoms with Crippen molar-refractivity contribution in [1.29, 1.82) is 0 Å². The minimum Gasteiger partial charge on any atom is -0.497 e. The number of halogens is 1. The molecule has 1 aromatic carbocycles. The van der Waals surface area contributed by atoms with Crippen LogP contribution in [0.3, 0.4) is 0 Å². The number of carbonyl (C=O) groups excluding carboxylic acids is 1. The Balaban J connectivity index is 0.00000420. The highest BCUT2D eigenvalue weighted by molar-refractivity contribution is 14.0. The molecule has 9 heteroatoms. The van der Waals surface area contributed by atoms with Crippen molar-refractivity contribution in [3.63, 3.8) is 0 Å². The highest BCUT2D eigenvalue weighted by Crippen LogP contribution is 2.19. The number of amides is 1. The summed E-state index contributed by atoms with van der Waals surface area (Å²) in [4.78, 5) is 17.8. The van der Waals surface area contributed by atoms with Crippen molar-refractivity contribution >= 4 is 36.0 Å². The van der Waals surface area contributed by atoms with Crippen molar-refractivity contribution in [3.05, 3.63) is 24.3 Å². The summed E-state index contributed by atoms with van der Waals surface area (Å²) in [6, 6.07) is 7.82. The van der Waals surface area contributed by atoms with Gasteiger partial charge in [-0.2, -0.15) is 0 Å². The van der Waals surface area contributed by atoms with E-state index in [1.807, 2.05) is 38.1 Å². The van der Waals surface area contributed by atoms with Crippen molar-refractivity contribution in [2.24, 2.45) is 4.99 Å². The first kappa shape index (κ1) is 25.1. The Morgan fingerprint density at radius 1 is 1.31 bits per heavy atom. The van der Waals surface area contributed by atoms with Crippen molar-refractivity contribution in [3.8, 4) is 11.5 Å². The molecule has 0 aromatic heterocycles. The molecule has 1 aromatic rings. The first-order valence-corrected chi connectivity index (χ1v) is 9.75. The lowest BCUT2D eigenvalue weighted by molar-refractivity contribution is 0.0963. The summed E-state index contributed by atoms with van der Waals surface area (Å²) in [6.45, 7) is 6.20. The van der Waals surface area contributed by atoms with E-state index >= 15 is 0 Å². The summed E-state index contributed by atoms with van der Waals surface area (Å²) >= 11 is 0. The molecule has 8 nitrogen and oxygen atoms in total. The number of likely N-dealkylation sites (tertiary alicyclic amines) is 1. The Morgan fingerprint density at radius 2 is 2.00 bits per heavy atom. The number of aliphatic imine (C=N–C) groups is 1. The van der Waals surface area contributed by atoms with Crippen LogP contribution < -0.4 is 20.1 Å². The highest BCUT2D eigenvalue weighted by atomic mass is 127. The van der Waals surface area contributed by atoms with Gasteiger partial charge in [0, 0.05) is 32.2 Å². The fraction of sp³-hybridized carbons (Fsp3) is 0.600. The number of benzene rings is 1. The molecular formula is C20H33IN4O4. The van der Waals surface area contributed by atoms with Gasteiger partial charge < -0.3 is 29.7 Å². The second kappa shape index (κ2) is 13.3. The van der Waals surface area contributed by atoms with Crippen LogP contribution in [0.2, 0.25) is 0 Å². The minimum atomic E-state index is -0.230. The second-order valence-electron chi connectivity index (χ2n) is 6.67. The van der Waals surface area contributed by atoms with Crippen molar-refractivity contribution in [2.45, 2.75) is 38.8 Å². The number of nitrogens with zero attached hydrogens (tertiary/aromatic N) is 2. The van der Waals surface area contributed by atoms with Gasteiger partial charge in [-0.1, -0.05) is 6.07 Å². The van der Waals surface area contributed by atoms with E-state index in [1.54, 1.807) is 19.1 Å². The monoisotopic (exact) mass is 520 g/mol. The van der Waals surface area contributed by atoms with E-state index in [-0.39, 0.29) is 42.2 Å². The Hall–Kier alpha value is -1.91. The zero-order chi connectivity index (χ0) is 20.4. The lowest BCUT2D eigenvalue weighted by Crippen LogP contribution is -2.50. The summed E-state index contributed by atoms with van der Waals surface area (Å²) < 4.78 is 16.2. The van der Waals surface area contributed by atoms with Gasteiger partial charge >= 0.3 is 6.09 Å². The summed E-state index contributed by atoms with van der Waals surface area (Å²) in [7, 11) is 3.38. The predicted octanol–water partition coefficient (Wildman–Crippen LogP) is 2.87. The predicted molar refractivity (Wildman–Crippen MR) is 125 cm³/mol. The Kier molecular flexibility index (Phi) is 11.6. The molecule has 0 bridgehead atoms. The number of nitrogens with one attached hydrogen (secondary N) is 2. The lowest BCUT2D eigenvalue weighted by atomic mass is 10.1. The van der Waals surface area contributed by atoms with Crippen molar-refractivity contribution in [2.75, 3.05) is 40.4 Å². The smallest absolute Gasteiger partial charge is 0.409 e. The van der Waals surface area contributed by atoms with Crippen LogP contribution in [-0.4, -0.2) is 69.5 Å². The van der Waals surface area contributed by atoms with E-state index in [4.69, 9.17) is 14.2 Å². The van der Waals surface area contributed by atoms with Crippen molar-refractivity contribution < 1.29 is 19.0 Å². The van der Waals surface area contributed by atoms with Crippen LogP contribution >= 0.6 is 24.0 Å². The van der Waals surface area contributed by atoms with Crippen LogP contribution in [0, 0.1) is 0 Å². The third-order valence-corrected chi connectivity index (χ3v) is 4.52. The molecule has 0 saturated carbocycles. The van der Waals surface area contributed by atoms with Gasteiger partial charge in [0.15, 0.2) is 5.96 Å². The number of carbonyl (C=O) groups is 1. The van der Waals surface area contributed by atoms with Crippen LogP contribution in [0.4, 0.5) is 4.79 Å². The molecule has 2 N–H and O–H groups in total. The van der Waals surface area contributed by atoms with Gasteiger partial charge in [0.05, 0.1) is 20.3 Å². The molecular weight excluding hydrogens is 487 g/mol. The van der Waals surface area contributed by atoms with Crippen LogP contribution in [-0.2, 0) is 4.74 Å². The maximum Gasteiger partial charge on any atom is 0.409 e. The molecule has 0 radical (unpaired) electrons. The largest absolute Gasteiger partial charge is 0.497 e. The molecule has 1 heterocycles. The van der Waals surface area contributed by atoms with Crippen LogP contribution in [0.1, 0.15) is 26.7 Å². The maximum atomic E-state index is 11.8. The van der Waals surface area contributed by atoms with Gasteiger partial charge in [-0.05, 0) is 38.8 Å². The van der Waals surface area contributed by atoms with Crippen molar-refractivity contribution in [1.82, 2.24) is 15.5 Å². The molecule has 0 aliphatic carbocycles. The zero-order valence-corrected chi connectivity index (χ0v) is 20.0. The first-order valence-electron chi connectivity index (χ1n) is 9.75. The summed E-state index contributed by atoms with van der Waals surface area (Å²) in [5.41, 5.74) is 0. The molecule has 29 heavy (non-hydrogen) atoms. The Bertz CT molecular complexity index is 651. The maximum absolute atomic E-state index is 11.8. The van der Waals surface area contributed by atoms with E-state index in [9.17, 15) is 4.79 Å². The fourth-order valence-corrected chi connectivity index (χ4v) is 3.00. The third kappa shape index (κ3) is 8.55. The van der Waals surface area contributed by atoms with E-state index in [0.717, 1.165) is 30.3 Å². The Labute approximate surface area is 190 Å². The van der Waals surface area contributed by atoms with E-state index in [0.29, 0.717) is 26.2 Å². The summed E-state index contributed by atoms with van der Waals surface area (Å²) in [6.07, 6.45) is 1.44.